The number of nitrogens with one attached hydrogen (secondary N) is 1. The number of thioether (sulfide) groups is 1. The standard InChI is InChI=1S/C12H13N3O6S2/c1-22-11-7-23(19,20)6-10(11)14-21-12(16)13-8-2-4-9(5-3-8)15(17)18/h2-5,11H,6-7H2,1H3,(H,13,16)/b14-10-/t11-/m0/s1. The van der Waals surface area contributed by atoms with Crippen molar-refractivity contribution in [2.24, 2.45) is 5.16 Å². The molecule has 1 fully saturated rings. The second kappa shape index (κ2) is 6.96. The number of hydrogen-bond acceptors (Lipinski definition) is 8. The topological polar surface area (TPSA) is 128 Å². The number of anilines is 1. The van der Waals surface area contributed by atoms with Crippen molar-refractivity contribution in [2.75, 3.05) is 23.1 Å². The molecule has 11 heteroatoms. The molecule has 9 nitrogen and oxygen atoms in total. The summed E-state index contributed by atoms with van der Waals surface area (Å²) in [7, 11) is -3.20. The van der Waals surface area contributed by atoms with Crippen molar-refractivity contribution in [2.45, 2.75) is 5.25 Å². The zero-order chi connectivity index (χ0) is 17.0. The SMILES string of the molecule is CS[C@H]1CS(=O)(=O)C/C1=N/OC(=O)Nc1ccc([N+](=O)[O-])cc1. The van der Waals surface area contributed by atoms with Gasteiger partial charge in [0.1, 0.15) is 0 Å². The van der Waals surface area contributed by atoms with Crippen molar-refractivity contribution in [1.82, 2.24) is 0 Å². The van der Waals surface area contributed by atoms with Gasteiger partial charge in [0.25, 0.3) is 5.69 Å². The first-order chi connectivity index (χ1) is 10.8. The Labute approximate surface area is 136 Å². The molecule has 0 aliphatic carbocycles. The van der Waals surface area contributed by atoms with Gasteiger partial charge in [0.2, 0.25) is 0 Å². The Balaban J connectivity index is 1.97. The van der Waals surface area contributed by atoms with Gasteiger partial charge in [0.15, 0.2) is 9.84 Å². The van der Waals surface area contributed by atoms with E-state index in [1.807, 2.05) is 0 Å². The monoisotopic (exact) mass is 359 g/mol. The highest BCUT2D eigenvalue weighted by atomic mass is 32.2. The highest BCUT2D eigenvalue weighted by Gasteiger charge is 2.34. The molecule has 2 rings (SSSR count). The zero-order valence-electron chi connectivity index (χ0n) is 12.0. The minimum atomic E-state index is -3.20. The minimum Gasteiger partial charge on any atom is -0.298 e. The fourth-order valence-corrected chi connectivity index (χ4v) is 5.05. The Morgan fingerprint density at radius 2 is 2.09 bits per heavy atom. The maximum Gasteiger partial charge on any atom is 0.437 e. The Bertz CT molecular complexity index is 745. The average molecular weight is 359 g/mol. The van der Waals surface area contributed by atoms with Gasteiger partial charge >= 0.3 is 6.09 Å². The number of carbonyl (C=O) groups excluding carboxylic acids is 1. The number of benzene rings is 1. The van der Waals surface area contributed by atoms with Crippen molar-refractivity contribution in [3.8, 4) is 0 Å². The molecule has 1 saturated heterocycles. The second-order valence-corrected chi connectivity index (χ2v) is 7.82. The minimum absolute atomic E-state index is 0.0274. The number of non-ortho nitro benzene ring substituents is 1. The number of sulfone groups is 1. The van der Waals surface area contributed by atoms with Gasteiger partial charge in [-0.3, -0.25) is 20.3 Å². The van der Waals surface area contributed by atoms with Crippen LogP contribution in [-0.4, -0.2) is 48.2 Å². The van der Waals surface area contributed by atoms with Crippen molar-refractivity contribution >= 4 is 44.8 Å². The highest BCUT2D eigenvalue weighted by Crippen LogP contribution is 2.21. The van der Waals surface area contributed by atoms with Gasteiger partial charge in [0.05, 0.1) is 27.4 Å². The Kier molecular flexibility index (Phi) is 5.21. The van der Waals surface area contributed by atoms with Gasteiger partial charge in [-0.2, -0.15) is 11.8 Å². The predicted molar refractivity (Wildman–Crippen MR) is 86.6 cm³/mol. The number of rotatable bonds is 4. The van der Waals surface area contributed by atoms with Gasteiger partial charge in [-0.1, -0.05) is 5.16 Å². The van der Waals surface area contributed by atoms with Crippen molar-refractivity contribution < 1.29 is 23.0 Å². The van der Waals surface area contributed by atoms with Gasteiger partial charge < -0.3 is 0 Å². The van der Waals surface area contributed by atoms with Crippen LogP contribution in [0.1, 0.15) is 0 Å². The first kappa shape index (κ1) is 17.2. The molecule has 1 atom stereocenters. The number of oxime groups is 1. The highest BCUT2D eigenvalue weighted by molar-refractivity contribution is 8.02. The number of nitro benzene ring substituents is 1. The van der Waals surface area contributed by atoms with E-state index in [0.29, 0.717) is 5.69 Å². The predicted octanol–water partition coefficient (Wildman–Crippen LogP) is 1.66. The summed E-state index contributed by atoms with van der Waals surface area (Å²) in [6.07, 6.45) is 0.841. The van der Waals surface area contributed by atoms with Crippen molar-refractivity contribution in [1.29, 1.82) is 0 Å². The maximum absolute atomic E-state index is 11.6. The quantitative estimate of drug-likeness (QED) is 0.492. The van der Waals surface area contributed by atoms with E-state index in [1.54, 1.807) is 6.26 Å². The molecule has 1 aromatic carbocycles. The van der Waals surface area contributed by atoms with E-state index in [0.717, 1.165) is 0 Å². The summed E-state index contributed by atoms with van der Waals surface area (Å²) in [5.41, 5.74) is 0.473. The van der Waals surface area contributed by atoms with Crippen molar-refractivity contribution in [3.05, 3.63) is 34.4 Å². The summed E-state index contributed by atoms with van der Waals surface area (Å²) in [6.45, 7) is 0. The lowest BCUT2D eigenvalue weighted by molar-refractivity contribution is -0.384. The fraction of sp³-hybridized carbons (Fsp3) is 0.333. The molecule has 0 bridgehead atoms. The molecule has 1 heterocycles. The molecule has 0 radical (unpaired) electrons. The largest absolute Gasteiger partial charge is 0.437 e. The van der Waals surface area contributed by atoms with Crippen LogP contribution < -0.4 is 5.32 Å². The first-order valence-electron chi connectivity index (χ1n) is 6.33. The molecular formula is C12H13N3O6S2. The molecular weight excluding hydrogens is 346 g/mol. The van der Waals surface area contributed by atoms with E-state index in [4.69, 9.17) is 0 Å². The van der Waals surface area contributed by atoms with Crippen LogP contribution in [0.4, 0.5) is 16.2 Å². The third-order valence-electron chi connectivity index (χ3n) is 3.00. The molecule has 0 aromatic heterocycles. The van der Waals surface area contributed by atoms with Crippen LogP contribution in [-0.2, 0) is 14.7 Å². The lowest BCUT2D eigenvalue weighted by atomic mass is 10.3. The summed E-state index contributed by atoms with van der Waals surface area (Å²) in [4.78, 5) is 26.2. The number of amides is 1. The fourth-order valence-electron chi connectivity index (χ4n) is 1.90. The number of hydrogen-bond donors (Lipinski definition) is 1. The third kappa shape index (κ3) is 4.66. The third-order valence-corrected chi connectivity index (χ3v) is 5.80. The number of nitro groups is 1. The van der Waals surface area contributed by atoms with E-state index in [9.17, 15) is 23.3 Å². The second-order valence-electron chi connectivity index (χ2n) is 4.67. The lowest BCUT2D eigenvalue weighted by Crippen LogP contribution is -2.17. The van der Waals surface area contributed by atoms with E-state index in [-0.39, 0.29) is 28.2 Å². The molecule has 0 saturated carbocycles. The van der Waals surface area contributed by atoms with Gasteiger partial charge in [-0.05, 0) is 18.4 Å². The summed E-state index contributed by atoms with van der Waals surface area (Å²) < 4.78 is 23.1. The Morgan fingerprint density at radius 3 is 2.65 bits per heavy atom. The number of nitrogens with zero attached hydrogens (tertiary/aromatic N) is 2. The van der Waals surface area contributed by atoms with Crippen LogP contribution in [0.3, 0.4) is 0 Å². The van der Waals surface area contributed by atoms with E-state index in [2.05, 4.69) is 15.3 Å². The van der Waals surface area contributed by atoms with Crippen molar-refractivity contribution in [3.63, 3.8) is 0 Å². The molecule has 1 aliphatic rings. The molecule has 1 N–H and O–H groups in total. The van der Waals surface area contributed by atoms with Crippen LogP contribution in [0.2, 0.25) is 0 Å². The summed E-state index contributed by atoms with van der Waals surface area (Å²) in [6, 6.07) is 5.15. The van der Waals surface area contributed by atoms with Gasteiger partial charge in [-0.25, -0.2) is 13.2 Å². The summed E-state index contributed by atoms with van der Waals surface area (Å²) in [5, 5.41) is 16.1. The smallest absolute Gasteiger partial charge is 0.298 e. The van der Waals surface area contributed by atoms with E-state index in [1.165, 1.54) is 36.0 Å². The maximum atomic E-state index is 11.6. The van der Waals surface area contributed by atoms with E-state index >= 15 is 0 Å². The van der Waals surface area contributed by atoms with E-state index < -0.39 is 20.9 Å². The summed E-state index contributed by atoms with van der Waals surface area (Å²) in [5.74, 6) is -0.260. The average Bonchev–Trinajstić information content (AvgIpc) is 2.80. The number of carbonyl (C=O) groups is 1. The molecule has 0 spiro atoms. The molecule has 1 aromatic rings. The molecule has 0 unspecified atom stereocenters. The molecule has 1 amide bonds. The molecule has 124 valence electrons. The Hall–Kier alpha value is -2.14. The molecule has 23 heavy (non-hydrogen) atoms. The van der Waals surface area contributed by atoms with Gasteiger partial charge in [0, 0.05) is 17.8 Å². The van der Waals surface area contributed by atoms with Crippen LogP contribution in [0.5, 0.6) is 0 Å². The zero-order valence-corrected chi connectivity index (χ0v) is 13.6. The van der Waals surface area contributed by atoms with Crippen LogP contribution in [0.25, 0.3) is 0 Å². The molecule has 1 aliphatic heterocycles. The van der Waals surface area contributed by atoms with Crippen LogP contribution in [0.15, 0.2) is 29.4 Å². The Morgan fingerprint density at radius 1 is 1.43 bits per heavy atom. The van der Waals surface area contributed by atoms with Crippen LogP contribution >= 0.6 is 11.8 Å². The first-order valence-corrected chi connectivity index (χ1v) is 9.44. The lowest BCUT2D eigenvalue weighted by Gasteiger charge is -2.05. The normalized spacial score (nSPS) is 21.1. The van der Waals surface area contributed by atoms with Crippen LogP contribution in [0, 0.1) is 10.1 Å². The van der Waals surface area contributed by atoms with Gasteiger partial charge in [-0.15, -0.1) is 0 Å². The summed E-state index contributed by atoms with van der Waals surface area (Å²) >= 11 is 1.32.